The Morgan fingerprint density at radius 2 is 1.88 bits per heavy atom. The van der Waals surface area contributed by atoms with Crippen LogP contribution in [-0.4, -0.2) is 26.0 Å². The van der Waals surface area contributed by atoms with Crippen molar-refractivity contribution in [3.05, 3.63) is 59.1 Å². The first-order valence-corrected chi connectivity index (χ1v) is 9.21. The van der Waals surface area contributed by atoms with E-state index in [0.717, 1.165) is 16.8 Å². The molecule has 0 aliphatic heterocycles. The third-order valence-corrected chi connectivity index (χ3v) is 5.13. The summed E-state index contributed by atoms with van der Waals surface area (Å²) in [7, 11) is 0. The molecule has 1 unspecified atom stereocenters. The molecule has 8 heteroatoms. The number of anilines is 1. The van der Waals surface area contributed by atoms with E-state index in [1.807, 2.05) is 43.3 Å². The van der Waals surface area contributed by atoms with E-state index in [2.05, 4.69) is 15.5 Å². The zero-order chi connectivity index (χ0) is 18.7. The number of amides is 1. The molecule has 0 fully saturated rings. The molecule has 0 aliphatic rings. The third-order valence-electron chi connectivity index (χ3n) is 3.82. The molecule has 1 atom stereocenters. The summed E-state index contributed by atoms with van der Waals surface area (Å²) in [6.07, 6.45) is 0. The topological polar surface area (TPSA) is 85.8 Å². The summed E-state index contributed by atoms with van der Waals surface area (Å²) < 4.78 is 1.38. The molecule has 0 spiro atoms. The lowest BCUT2D eigenvalue weighted by molar-refractivity contribution is -0.115. The van der Waals surface area contributed by atoms with Gasteiger partial charge in [-0.1, -0.05) is 41.6 Å². The number of nitrogens with one attached hydrogen (secondary N) is 1. The van der Waals surface area contributed by atoms with Gasteiger partial charge < -0.3 is 11.2 Å². The molecular formula is C18H18ClN5OS. The van der Waals surface area contributed by atoms with E-state index in [9.17, 15) is 4.79 Å². The summed E-state index contributed by atoms with van der Waals surface area (Å²) in [5.41, 5.74) is 2.60. The number of para-hydroxylation sites is 1. The number of carbonyl (C=O) groups excluding carboxylic acids is 1. The first-order valence-electron chi connectivity index (χ1n) is 7.95. The fraction of sp³-hybridized carbons (Fsp3) is 0.167. The van der Waals surface area contributed by atoms with Gasteiger partial charge >= 0.3 is 0 Å². The number of thioether (sulfide) groups is 1. The molecule has 3 rings (SSSR count). The fourth-order valence-electron chi connectivity index (χ4n) is 2.31. The van der Waals surface area contributed by atoms with E-state index in [1.165, 1.54) is 16.4 Å². The average Bonchev–Trinajstić information content (AvgIpc) is 2.98. The van der Waals surface area contributed by atoms with Crippen molar-refractivity contribution in [1.82, 2.24) is 14.9 Å². The van der Waals surface area contributed by atoms with Crippen LogP contribution in [-0.2, 0) is 4.79 Å². The lowest BCUT2D eigenvalue weighted by atomic mass is 10.2. The lowest BCUT2D eigenvalue weighted by Crippen LogP contribution is -2.24. The zero-order valence-electron chi connectivity index (χ0n) is 14.3. The number of nitrogens with zero attached hydrogens (tertiary/aromatic N) is 3. The highest BCUT2D eigenvalue weighted by Crippen LogP contribution is 2.26. The molecule has 3 N–H and O–H groups in total. The van der Waals surface area contributed by atoms with Crippen molar-refractivity contribution in [2.75, 3.05) is 11.2 Å². The van der Waals surface area contributed by atoms with Crippen molar-refractivity contribution < 1.29 is 4.79 Å². The Kier molecular flexibility index (Phi) is 5.49. The summed E-state index contributed by atoms with van der Waals surface area (Å²) in [6, 6.07) is 14.8. The molecule has 0 radical (unpaired) electrons. The summed E-state index contributed by atoms with van der Waals surface area (Å²) in [4.78, 5) is 12.4. The van der Waals surface area contributed by atoms with Crippen molar-refractivity contribution in [2.45, 2.75) is 24.3 Å². The molecular weight excluding hydrogens is 370 g/mol. The SMILES string of the molecule is Cc1ccccc1NC(=O)C(C)Sc1nnc(-c2ccc(Cl)cc2)n1N. The highest BCUT2D eigenvalue weighted by Gasteiger charge is 2.20. The molecule has 2 aromatic carbocycles. The van der Waals surface area contributed by atoms with Crippen LogP contribution in [0.15, 0.2) is 53.7 Å². The minimum absolute atomic E-state index is 0.125. The van der Waals surface area contributed by atoms with Gasteiger partial charge in [-0.3, -0.25) is 4.79 Å². The van der Waals surface area contributed by atoms with Gasteiger partial charge in [0, 0.05) is 16.3 Å². The van der Waals surface area contributed by atoms with Gasteiger partial charge in [-0.05, 0) is 49.7 Å². The Bertz CT molecular complexity index is 926. The smallest absolute Gasteiger partial charge is 0.237 e. The molecule has 0 saturated heterocycles. The molecule has 1 amide bonds. The number of aryl methyl sites for hydroxylation is 1. The molecule has 1 aromatic heterocycles. The van der Waals surface area contributed by atoms with E-state index in [-0.39, 0.29) is 11.2 Å². The van der Waals surface area contributed by atoms with Crippen LogP contribution in [0.2, 0.25) is 5.02 Å². The van der Waals surface area contributed by atoms with Gasteiger partial charge in [0.2, 0.25) is 11.1 Å². The lowest BCUT2D eigenvalue weighted by Gasteiger charge is -2.13. The largest absolute Gasteiger partial charge is 0.335 e. The molecule has 134 valence electrons. The molecule has 1 heterocycles. The maximum Gasteiger partial charge on any atom is 0.237 e. The highest BCUT2D eigenvalue weighted by molar-refractivity contribution is 8.00. The van der Waals surface area contributed by atoms with Crippen molar-refractivity contribution in [1.29, 1.82) is 0 Å². The maximum absolute atomic E-state index is 12.4. The molecule has 0 aliphatic carbocycles. The number of benzene rings is 2. The van der Waals surface area contributed by atoms with E-state index in [4.69, 9.17) is 17.4 Å². The highest BCUT2D eigenvalue weighted by atomic mass is 35.5. The maximum atomic E-state index is 12.4. The number of aromatic nitrogens is 3. The summed E-state index contributed by atoms with van der Waals surface area (Å²) >= 11 is 7.15. The van der Waals surface area contributed by atoms with Crippen molar-refractivity contribution in [3.63, 3.8) is 0 Å². The predicted molar refractivity (Wildman–Crippen MR) is 106 cm³/mol. The van der Waals surface area contributed by atoms with E-state index in [1.54, 1.807) is 19.1 Å². The van der Waals surface area contributed by atoms with Gasteiger partial charge in [-0.2, -0.15) is 0 Å². The Balaban J connectivity index is 1.71. The second kappa shape index (κ2) is 7.80. The van der Waals surface area contributed by atoms with E-state index >= 15 is 0 Å². The number of carbonyl (C=O) groups is 1. The Morgan fingerprint density at radius 3 is 2.58 bits per heavy atom. The van der Waals surface area contributed by atoms with Crippen molar-refractivity contribution in [2.24, 2.45) is 0 Å². The van der Waals surface area contributed by atoms with E-state index < -0.39 is 0 Å². The summed E-state index contributed by atoms with van der Waals surface area (Å²) in [5, 5.41) is 11.8. The Hall–Kier alpha value is -2.51. The summed E-state index contributed by atoms with van der Waals surface area (Å²) in [6.45, 7) is 3.75. The molecule has 26 heavy (non-hydrogen) atoms. The zero-order valence-corrected chi connectivity index (χ0v) is 15.9. The van der Waals surface area contributed by atoms with Crippen LogP contribution in [0.4, 0.5) is 5.69 Å². The minimum atomic E-state index is -0.390. The molecule has 0 bridgehead atoms. The van der Waals surface area contributed by atoms with Crippen LogP contribution in [0.3, 0.4) is 0 Å². The standard InChI is InChI=1S/C18H18ClN5OS/c1-11-5-3-4-6-15(11)21-17(25)12(2)26-18-23-22-16(24(18)20)13-7-9-14(19)10-8-13/h3-10,12H,20H2,1-2H3,(H,21,25). The van der Waals surface area contributed by atoms with Crippen LogP contribution in [0, 0.1) is 6.92 Å². The minimum Gasteiger partial charge on any atom is -0.335 e. The second-order valence-electron chi connectivity index (χ2n) is 5.75. The monoisotopic (exact) mass is 387 g/mol. The number of nitrogens with two attached hydrogens (primary N) is 1. The van der Waals surface area contributed by atoms with Crippen LogP contribution < -0.4 is 11.2 Å². The number of hydrogen-bond donors (Lipinski definition) is 2. The van der Waals surface area contributed by atoms with Gasteiger partial charge in [0.15, 0.2) is 5.82 Å². The first kappa shape index (κ1) is 18.3. The first-order chi connectivity index (χ1) is 12.5. The van der Waals surface area contributed by atoms with Gasteiger partial charge in [-0.25, -0.2) is 4.68 Å². The summed E-state index contributed by atoms with van der Waals surface area (Å²) in [5.74, 6) is 6.49. The van der Waals surface area contributed by atoms with Gasteiger partial charge in [0.1, 0.15) is 0 Å². The molecule has 6 nitrogen and oxygen atoms in total. The average molecular weight is 388 g/mol. The quantitative estimate of drug-likeness (QED) is 0.514. The normalized spacial score (nSPS) is 12.0. The van der Waals surface area contributed by atoms with Gasteiger partial charge in [0.05, 0.1) is 5.25 Å². The van der Waals surface area contributed by atoms with E-state index in [0.29, 0.717) is 16.0 Å². The van der Waals surface area contributed by atoms with Crippen molar-refractivity contribution in [3.8, 4) is 11.4 Å². The number of rotatable bonds is 5. The third kappa shape index (κ3) is 4.00. The molecule has 3 aromatic rings. The Morgan fingerprint density at radius 1 is 1.19 bits per heavy atom. The number of hydrogen-bond acceptors (Lipinski definition) is 5. The van der Waals surface area contributed by atoms with Crippen LogP contribution in [0.1, 0.15) is 12.5 Å². The predicted octanol–water partition coefficient (Wildman–Crippen LogP) is 3.74. The number of halogens is 1. The van der Waals surface area contributed by atoms with Gasteiger partial charge in [0.25, 0.3) is 0 Å². The fourth-order valence-corrected chi connectivity index (χ4v) is 3.21. The van der Waals surface area contributed by atoms with Gasteiger partial charge in [-0.15, -0.1) is 10.2 Å². The Labute approximate surface area is 160 Å². The van der Waals surface area contributed by atoms with Crippen molar-refractivity contribution >= 4 is 35.0 Å². The second-order valence-corrected chi connectivity index (χ2v) is 7.49. The number of nitrogen functional groups attached to an aromatic ring is 1. The molecule has 0 saturated carbocycles. The van der Waals surface area contributed by atoms with Crippen LogP contribution in [0.25, 0.3) is 11.4 Å². The van der Waals surface area contributed by atoms with Crippen LogP contribution in [0.5, 0.6) is 0 Å². The van der Waals surface area contributed by atoms with Crippen LogP contribution >= 0.6 is 23.4 Å².